The van der Waals surface area contributed by atoms with Gasteiger partial charge in [0.2, 0.25) is 5.95 Å². The minimum atomic E-state index is -1.71. The zero-order chi connectivity index (χ0) is 30.1. The monoisotopic (exact) mass is 589 g/mol. The van der Waals surface area contributed by atoms with Gasteiger partial charge in [-0.2, -0.15) is 5.10 Å². The molecule has 1 aliphatic rings. The molecule has 0 aliphatic carbocycles. The first kappa shape index (κ1) is 28.5. The van der Waals surface area contributed by atoms with Crippen molar-refractivity contribution in [1.29, 1.82) is 0 Å². The Morgan fingerprint density at radius 1 is 1.00 bits per heavy atom. The molecule has 5 aromatic rings. The SMILES string of the molecule is C[C@@H]1CC(n2cnc(-c3ccc(F)cc3)c2-c2ccnc(N)n2)CCN1C[C@](O)(Cn1cncn1)c1ccc(F)cc1F. The number of hydrogen-bond acceptors (Lipinski definition) is 8. The van der Waals surface area contributed by atoms with Gasteiger partial charge in [0.15, 0.2) is 0 Å². The summed E-state index contributed by atoms with van der Waals surface area (Å²) in [5.74, 6) is -1.77. The second-order valence-electron chi connectivity index (χ2n) is 10.9. The summed E-state index contributed by atoms with van der Waals surface area (Å²) in [6.07, 6.45) is 7.49. The Labute approximate surface area is 245 Å². The Balaban J connectivity index is 1.29. The minimum Gasteiger partial charge on any atom is -0.382 e. The summed E-state index contributed by atoms with van der Waals surface area (Å²) < 4.78 is 45.9. The molecule has 4 heterocycles. The van der Waals surface area contributed by atoms with Crippen LogP contribution in [0, 0.1) is 17.5 Å². The number of likely N-dealkylation sites (tertiary alicyclic amines) is 1. The van der Waals surface area contributed by atoms with Crippen molar-refractivity contribution in [3.05, 3.63) is 96.7 Å². The first-order chi connectivity index (χ1) is 20.7. The molecule has 10 nitrogen and oxygen atoms in total. The largest absolute Gasteiger partial charge is 0.382 e. The fourth-order valence-corrected chi connectivity index (χ4v) is 5.91. The molecular weight excluding hydrogens is 559 g/mol. The first-order valence-electron chi connectivity index (χ1n) is 13.9. The van der Waals surface area contributed by atoms with Crippen LogP contribution in [0.15, 0.2) is 73.7 Å². The average molecular weight is 590 g/mol. The molecule has 1 saturated heterocycles. The van der Waals surface area contributed by atoms with Crippen LogP contribution >= 0.6 is 0 Å². The van der Waals surface area contributed by atoms with E-state index in [1.807, 2.05) is 6.92 Å². The summed E-state index contributed by atoms with van der Waals surface area (Å²) in [4.78, 5) is 19.2. The maximum atomic E-state index is 15.0. The Morgan fingerprint density at radius 2 is 1.79 bits per heavy atom. The number of imidazole rings is 1. The van der Waals surface area contributed by atoms with Crippen molar-refractivity contribution in [3.8, 4) is 22.6 Å². The van der Waals surface area contributed by atoms with Crippen molar-refractivity contribution in [2.75, 3.05) is 18.8 Å². The van der Waals surface area contributed by atoms with Crippen molar-refractivity contribution >= 4 is 5.95 Å². The molecule has 43 heavy (non-hydrogen) atoms. The molecule has 1 fully saturated rings. The maximum Gasteiger partial charge on any atom is 0.220 e. The molecule has 0 amide bonds. The van der Waals surface area contributed by atoms with Gasteiger partial charge in [0.05, 0.1) is 30.0 Å². The van der Waals surface area contributed by atoms with Gasteiger partial charge >= 0.3 is 0 Å². The Hall–Kier alpha value is -4.62. The quantitative estimate of drug-likeness (QED) is 0.276. The molecule has 0 radical (unpaired) electrons. The van der Waals surface area contributed by atoms with E-state index >= 15 is 0 Å². The third kappa shape index (κ3) is 5.86. The van der Waals surface area contributed by atoms with Gasteiger partial charge in [0.25, 0.3) is 0 Å². The highest BCUT2D eigenvalue weighted by atomic mass is 19.1. The zero-order valence-electron chi connectivity index (χ0n) is 23.4. The van der Waals surface area contributed by atoms with Gasteiger partial charge in [-0.05, 0) is 56.2 Å². The summed E-state index contributed by atoms with van der Waals surface area (Å²) in [5.41, 5.74) is 6.91. The van der Waals surface area contributed by atoms with Crippen molar-refractivity contribution in [1.82, 2.24) is 39.2 Å². The Bertz CT molecular complexity index is 1710. The lowest BCUT2D eigenvalue weighted by Gasteiger charge is -2.42. The summed E-state index contributed by atoms with van der Waals surface area (Å²) in [6.45, 7) is 2.64. The number of nitrogens with zero attached hydrogens (tertiary/aromatic N) is 8. The molecule has 3 N–H and O–H groups in total. The van der Waals surface area contributed by atoms with Crippen molar-refractivity contribution in [2.45, 2.75) is 44.0 Å². The van der Waals surface area contributed by atoms with E-state index in [1.54, 1.807) is 30.7 Å². The van der Waals surface area contributed by atoms with Gasteiger partial charge in [-0.25, -0.2) is 37.8 Å². The second kappa shape index (κ2) is 11.6. The van der Waals surface area contributed by atoms with Gasteiger partial charge in [0.1, 0.15) is 35.7 Å². The number of anilines is 1. The Morgan fingerprint density at radius 3 is 2.49 bits per heavy atom. The highest BCUT2D eigenvalue weighted by Crippen LogP contribution is 2.38. The molecule has 0 saturated carbocycles. The molecule has 2 aromatic carbocycles. The molecular formula is C30H30F3N9O. The highest BCUT2D eigenvalue weighted by Gasteiger charge is 2.39. The number of β-amino-alcohol motifs (C(OH)–C–C–N with tert-alkyl or cyclic N) is 1. The molecule has 0 spiro atoms. The molecule has 3 atom stereocenters. The van der Waals surface area contributed by atoms with Gasteiger partial charge in [-0.15, -0.1) is 0 Å². The number of hydrogen-bond donors (Lipinski definition) is 2. The number of piperidine rings is 1. The summed E-state index contributed by atoms with van der Waals surface area (Å²) >= 11 is 0. The standard InChI is InChI=1S/C30H30F3N9O/c1-19-12-23(42-18-37-27(20-2-4-21(31)5-3-20)28(42)26-8-10-36-29(34)39-26)9-11-40(19)14-30(43,15-41-17-35-16-38-41)24-7-6-22(32)13-25(24)33/h2-8,10,13,16-19,23,43H,9,11-12,14-15H2,1H3,(H2,34,36,39)/t19-,23?,30+/m1/s1. The molecule has 1 aliphatic heterocycles. The lowest BCUT2D eigenvalue weighted by atomic mass is 9.89. The minimum absolute atomic E-state index is 0.00473. The van der Waals surface area contributed by atoms with E-state index < -0.39 is 17.2 Å². The fourth-order valence-electron chi connectivity index (χ4n) is 5.91. The van der Waals surface area contributed by atoms with Gasteiger partial charge in [0, 0.05) is 48.6 Å². The molecule has 0 bridgehead atoms. The van der Waals surface area contributed by atoms with Crippen molar-refractivity contribution in [3.63, 3.8) is 0 Å². The second-order valence-corrected chi connectivity index (χ2v) is 10.9. The number of nitrogen functional groups attached to an aromatic ring is 1. The van der Waals surface area contributed by atoms with Crippen molar-refractivity contribution < 1.29 is 18.3 Å². The lowest BCUT2D eigenvalue weighted by molar-refractivity contribution is -0.0405. The zero-order valence-corrected chi connectivity index (χ0v) is 23.4. The number of aromatic nitrogens is 7. The maximum absolute atomic E-state index is 15.0. The predicted molar refractivity (Wildman–Crippen MR) is 153 cm³/mol. The molecule has 1 unspecified atom stereocenters. The van der Waals surface area contributed by atoms with Crippen LogP contribution in [0.2, 0.25) is 0 Å². The van der Waals surface area contributed by atoms with Gasteiger partial charge in [-0.1, -0.05) is 6.07 Å². The van der Waals surface area contributed by atoms with E-state index in [0.717, 1.165) is 23.4 Å². The third-order valence-electron chi connectivity index (χ3n) is 7.99. The van der Waals surface area contributed by atoms with Crippen LogP contribution in [0.25, 0.3) is 22.6 Å². The van der Waals surface area contributed by atoms with E-state index in [-0.39, 0.29) is 42.5 Å². The summed E-state index contributed by atoms with van der Waals surface area (Å²) in [5, 5.41) is 16.0. The smallest absolute Gasteiger partial charge is 0.220 e. The van der Waals surface area contributed by atoms with Crippen LogP contribution in [0.5, 0.6) is 0 Å². The molecule has 6 rings (SSSR count). The van der Waals surface area contributed by atoms with E-state index in [1.165, 1.54) is 35.5 Å². The summed E-state index contributed by atoms with van der Waals surface area (Å²) in [7, 11) is 0. The third-order valence-corrected chi connectivity index (χ3v) is 7.99. The van der Waals surface area contributed by atoms with Crippen molar-refractivity contribution in [2.24, 2.45) is 0 Å². The fraction of sp³-hybridized carbons (Fsp3) is 0.300. The molecule has 222 valence electrons. The number of nitrogens with two attached hydrogens (primary N) is 1. The Kier molecular flexibility index (Phi) is 7.67. The van der Waals surface area contributed by atoms with E-state index in [9.17, 15) is 18.3 Å². The van der Waals surface area contributed by atoms with Crippen LogP contribution in [-0.4, -0.2) is 63.4 Å². The average Bonchev–Trinajstić information content (AvgIpc) is 3.65. The van der Waals surface area contributed by atoms with Crippen LogP contribution < -0.4 is 5.73 Å². The number of rotatable bonds is 8. The van der Waals surface area contributed by atoms with Gasteiger partial charge < -0.3 is 15.4 Å². The summed E-state index contributed by atoms with van der Waals surface area (Å²) in [6, 6.07) is 11.0. The van der Waals surface area contributed by atoms with Crippen LogP contribution in [0.4, 0.5) is 19.1 Å². The molecule has 3 aromatic heterocycles. The number of halogens is 3. The predicted octanol–water partition coefficient (Wildman–Crippen LogP) is 4.21. The van der Waals surface area contributed by atoms with Crippen LogP contribution in [0.1, 0.15) is 31.4 Å². The normalized spacial score (nSPS) is 18.9. The van der Waals surface area contributed by atoms with E-state index in [0.29, 0.717) is 30.8 Å². The van der Waals surface area contributed by atoms with Gasteiger partial charge in [-0.3, -0.25) is 4.90 Å². The highest BCUT2D eigenvalue weighted by molar-refractivity contribution is 5.77. The molecule has 13 heteroatoms. The van der Waals surface area contributed by atoms with Crippen LogP contribution in [0.3, 0.4) is 0 Å². The van der Waals surface area contributed by atoms with E-state index in [2.05, 4.69) is 29.5 Å². The number of benzene rings is 2. The van der Waals surface area contributed by atoms with E-state index in [4.69, 9.17) is 10.7 Å². The topological polar surface area (TPSA) is 124 Å². The first-order valence-corrected chi connectivity index (χ1v) is 13.9. The van der Waals surface area contributed by atoms with Crippen LogP contribution in [-0.2, 0) is 12.1 Å². The lowest BCUT2D eigenvalue weighted by Crippen LogP contribution is -2.50. The number of aliphatic hydroxyl groups is 1.